The summed E-state index contributed by atoms with van der Waals surface area (Å²) in [4.78, 5) is 5.00. The standard InChI is InChI=1S/C14H20N2/c1-2-15-10-7-12-11-13(5-6-14(12)15)16-8-3-4-9-16/h5-6,11H,2-4,7-10H2,1H3. The van der Waals surface area contributed by atoms with Crippen LogP contribution in [0.3, 0.4) is 0 Å². The van der Waals surface area contributed by atoms with E-state index in [1.807, 2.05) is 0 Å². The molecule has 2 heterocycles. The van der Waals surface area contributed by atoms with E-state index in [1.165, 1.54) is 50.3 Å². The van der Waals surface area contributed by atoms with Gasteiger partial charge in [0.05, 0.1) is 0 Å². The van der Waals surface area contributed by atoms with Gasteiger partial charge in [-0.3, -0.25) is 0 Å². The zero-order chi connectivity index (χ0) is 11.0. The van der Waals surface area contributed by atoms with E-state index >= 15 is 0 Å². The number of anilines is 2. The van der Waals surface area contributed by atoms with E-state index in [1.54, 1.807) is 5.56 Å². The Morgan fingerprint density at radius 1 is 1.12 bits per heavy atom. The number of nitrogens with zero attached hydrogens (tertiary/aromatic N) is 2. The highest BCUT2D eigenvalue weighted by atomic mass is 15.2. The van der Waals surface area contributed by atoms with Crippen molar-refractivity contribution in [1.82, 2.24) is 0 Å². The second kappa shape index (κ2) is 4.00. The Balaban J connectivity index is 1.88. The highest BCUT2D eigenvalue weighted by Crippen LogP contribution is 2.32. The fraction of sp³-hybridized carbons (Fsp3) is 0.571. The van der Waals surface area contributed by atoms with E-state index in [9.17, 15) is 0 Å². The first-order valence-corrected chi connectivity index (χ1v) is 6.51. The maximum atomic E-state index is 2.52. The third kappa shape index (κ3) is 1.57. The van der Waals surface area contributed by atoms with Crippen molar-refractivity contribution < 1.29 is 0 Å². The highest BCUT2D eigenvalue weighted by Gasteiger charge is 2.19. The third-order valence-corrected chi connectivity index (χ3v) is 3.91. The Hall–Kier alpha value is -1.18. The van der Waals surface area contributed by atoms with Crippen molar-refractivity contribution in [2.75, 3.05) is 36.0 Å². The number of fused-ring (bicyclic) bond motifs is 1. The van der Waals surface area contributed by atoms with Crippen LogP contribution >= 0.6 is 0 Å². The van der Waals surface area contributed by atoms with Gasteiger partial charge in [0.25, 0.3) is 0 Å². The summed E-state index contributed by atoms with van der Waals surface area (Å²) >= 11 is 0. The quantitative estimate of drug-likeness (QED) is 0.750. The summed E-state index contributed by atoms with van der Waals surface area (Å²) in [6, 6.07) is 7.04. The third-order valence-electron chi connectivity index (χ3n) is 3.91. The highest BCUT2D eigenvalue weighted by molar-refractivity contribution is 5.64. The normalized spacial score (nSPS) is 19.3. The number of hydrogen-bond donors (Lipinski definition) is 0. The summed E-state index contributed by atoms with van der Waals surface area (Å²) in [5.74, 6) is 0. The topological polar surface area (TPSA) is 6.48 Å². The van der Waals surface area contributed by atoms with Crippen molar-refractivity contribution in [3.8, 4) is 0 Å². The average Bonchev–Trinajstić information content (AvgIpc) is 2.97. The molecule has 86 valence electrons. The number of benzene rings is 1. The van der Waals surface area contributed by atoms with Crippen molar-refractivity contribution in [1.29, 1.82) is 0 Å². The lowest BCUT2D eigenvalue weighted by Gasteiger charge is -2.20. The van der Waals surface area contributed by atoms with Gasteiger partial charge >= 0.3 is 0 Å². The van der Waals surface area contributed by atoms with Gasteiger partial charge in [0.1, 0.15) is 0 Å². The molecule has 0 unspecified atom stereocenters. The molecule has 0 bridgehead atoms. The van der Waals surface area contributed by atoms with E-state index in [2.05, 4.69) is 34.9 Å². The summed E-state index contributed by atoms with van der Waals surface area (Å²) in [6.07, 6.45) is 3.95. The molecule has 1 aromatic carbocycles. The predicted molar refractivity (Wildman–Crippen MR) is 69.5 cm³/mol. The maximum absolute atomic E-state index is 2.52. The largest absolute Gasteiger partial charge is 0.372 e. The molecule has 2 nitrogen and oxygen atoms in total. The summed E-state index contributed by atoms with van der Waals surface area (Å²) < 4.78 is 0. The van der Waals surface area contributed by atoms with E-state index in [0.29, 0.717) is 0 Å². The zero-order valence-corrected chi connectivity index (χ0v) is 10.1. The van der Waals surface area contributed by atoms with Gasteiger partial charge in [0, 0.05) is 37.6 Å². The van der Waals surface area contributed by atoms with Crippen LogP contribution in [-0.2, 0) is 6.42 Å². The molecule has 16 heavy (non-hydrogen) atoms. The number of hydrogen-bond acceptors (Lipinski definition) is 2. The molecular weight excluding hydrogens is 196 g/mol. The van der Waals surface area contributed by atoms with Crippen LogP contribution in [0.4, 0.5) is 11.4 Å². The minimum Gasteiger partial charge on any atom is -0.372 e. The average molecular weight is 216 g/mol. The lowest BCUT2D eigenvalue weighted by Crippen LogP contribution is -2.19. The molecule has 3 rings (SSSR count). The lowest BCUT2D eigenvalue weighted by atomic mass is 10.1. The van der Waals surface area contributed by atoms with Crippen molar-refractivity contribution in [2.45, 2.75) is 26.2 Å². The second-order valence-electron chi connectivity index (χ2n) is 4.84. The molecule has 0 N–H and O–H groups in total. The van der Waals surface area contributed by atoms with Gasteiger partial charge in [-0.25, -0.2) is 0 Å². The fourth-order valence-corrected chi connectivity index (χ4v) is 2.96. The van der Waals surface area contributed by atoms with Crippen LogP contribution in [0.2, 0.25) is 0 Å². The Bertz CT molecular complexity index is 380. The fourth-order valence-electron chi connectivity index (χ4n) is 2.96. The Labute approximate surface area is 97.9 Å². The van der Waals surface area contributed by atoms with Gasteiger partial charge in [-0.05, 0) is 49.9 Å². The molecular formula is C14H20N2. The van der Waals surface area contributed by atoms with E-state index in [0.717, 1.165) is 6.54 Å². The van der Waals surface area contributed by atoms with Gasteiger partial charge < -0.3 is 9.80 Å². The molecule has 0 atom stereocenters. The zero-order valence-electron chi connectivity index (χ0n) is 10.1. The van der Waals surface area contributed by atoms with Gasteiger partial charge in [-0.15, -0.1) is 0 Å². The summed E-state index contributed by atoms with van der Waals surface area (Å²) in [7, 11) is 0. The molecule has 0 aromatic heterocycles. The molecule has 0 spiro atoms. The van der Waals surface area contributed by atoms with Crippen molar-refractivity contribution in [3.63, 3.8) is 0 Å². The first kappa shape index (κ1) is 10.0. The van der Waals surface area contributed by atoms with Gasteiger partial charge in [-0.2, -0.15) is 0 Å². The molecule has 2 aliphatic heterocycles. The Kier molecular flexibility index (Phi) is 2.50. The summed E-state index contributed by atoms with van der Waals surface area (Å²) in [6.45, 7) is 7.07. The summed E-state index contributed by atoms with van der Waals surface area (Å²) in [5, 5.41) is 0. The van der Waals surface area contributed by atoms with Crippen molar-refractivity contribution in [3.05, 3.63) is 23.8 Å². The molecule has 2 heteroatoms. The number of rotatable bonds is 2. The number of likely N-dealkylation sites (N-methyl/N-ethyl adjacent to an activating group) is 1. The second-order valence-corrected chi connectivity index (χ2v) is 4.84. The maximum Gasteiger partial charge on any atom is 0.0400 e. The first-order valence-electron chi connectivity index (χ1n) is 6.51. The summed E-state index contributed by atoms with van der Waals surface area (Å²) in [5.41, 5.74) is 4.45. The molecule has 0 amide bonds. The molecule has 1 saturated heterocycles. The van der Waals surface area contributed by atoms with Gasteiger partial charge in [-0.1, -0.05) is 0 Å². The molecule has 1 fully saturated rings. The minimum absolute atomic E-state index is 1.13. The first-order chi connectivity index (χ1) is 7.88. The lowest BCUT2D eigenvalue weighted by molar-refractivity contribution is 0.868. The van der Waals surface area contributed by atoms with Crippen LogP contribution in [-0.4, -0.2) is 26.2 Å². The Morgan fingerprint density at radius 3 is 2.69 bits per heavy atom. The van der Waals surface area contributed by atoms with E-state index in [-0.39, 0.29) is 0 Å². The smallest absolute Gasteiger partial charge is 0.0400 e. The van der Waals surface area contributed by atoms with Crippen LogP contribution in [0.5, 0.6) is 0 Å². The van der Waals surface area contributed by atoms with E-state index in [4.69, 9.17) is 0 Å². The molecule has 1 aromatic rings. The van der Waals surface area contributed by atoms with Crippen LogP contribution in [0.25, 0.3) is 0 Å². The predicted octanol–water partition coefficient (Wildman–Crippen LogP) is 2.67. The van der Waals surface area contributed by atoms with Crippen molar-refractivity contribution in [2.24, 2.45) is 0 Å². The SMILES string of the molecule is CCN1CCc2cc(N3CCCC3)ccc21. The molecule has 0 saturated carbocycles. The van der Waals surface area contributed by atoms with Crippen LogP contribution in [0.1, 0.15) is 25.3 Å². The van der Waals surface area contributed by atoms with Crippen LogP contribution in [0.15, 0.2) is 18.2 Å². The van der Waals surface area contributed by atoms with E-state index < -0.39 is 0 Å². The van der Waals surface area contributed by atoms with Gasteiger partial charge in [0.15, 0.2) is 0 Å². The molecule has 0 aliphatic carbocycles. The molecule has 2 aliphatic rings. The van der Waals surface area contributed by atoms with Gasteiger partial charge in [0.2, 0.25) is 0 Å². The molecule has 0 radical (unpaired) electrons. The monoisotopic (exact) mass is 216 g/mol. The van der Waals surface area contributed by atoms with Crippen LogP contribution < -0.4 is 9.80 Å². The minimum atomic E-state index is 1.13. The van der Waals surface area contributed by atoms with Crippen LogP contribution in [0, 0.1) is 0 Å². The van der Waals surface area contributed by atoms with Crippen molar-refractivity contribution >= 4 is 11.4 Å². The Morgan fingerprint density at radius 2 is 1.94 bits per heavy atom.